The summed E-state index contributed by atoms with van der Waals surface area (Å²) in [4.78, 5) is 12.0. The minimum Gasteiger partial charge on any atom is -0.383 e. The fourth-order valence-corrected chi connectivity index (χ4v) is 2.03. The topological polar surface area (TPSA) is 38.3 Å². The lowest BCUT2D eigenvalue weighted by atomic mass is 10.1. The highest BCUT2D eigenvalue weighted by atomic mass is 79.9. The van der Waals surface area contributed by atoms with Crippen LogP contribution < -0.4 is 5.32 Å². The molecule has 1 unspecified atom stereocenters. The molecule has 0 saturated heterocycles. The Bertz CT molecular complexity index is 477. The Labute approximate surface area is 123 Å². The van der Waals surface area contributed by atoms with Gasteiger partial charge in [0.15, 0.2) is 0 Å². The molecule has 1 aromatic carbocycles. The maximum absolute atomic E-state index is 12.6. The molecule has 0 aliphatic heterocycles. The van der Waals surface area contributed by atoms with Crippen LogP contribution in [0.25, 0.3) is 0 Å². The van der Waals surface area contributed by atoms with Crippen LogP contribution >= 0.6 is 15.9 Å². The van der Waals surface area contributed by atoms with E-state index in [4.69, 9.17) is 4.74 Å². The fraction of sp³-hybridized carbons (Fsp3) is 0.462. The van der Waals surface area contributed by atoms with Crippen molar-refractivity contribution in [3.63, 3.8) is 0 Å². The number of halogens is 4. The molecule has 0 spiro atoms. The van der Waals surface area contributed by atoms with E-state index in [1.54, 1.807) is 0 Å². The van der Waals surface area contributed by atoms with E-state index in [2.05, 4.69) is 21.2 Å². The molecule has 112 valence electrons. The average molecular weight is 354 g/mol. The number of ether oxygens (including phenoxy) is 1. The van der Waals surface area contributed by atoms with Crippen molar-refractivity contribution in [1.29, 1.82) is 0 Å². The van der Waals surface area contributed by atoms with Crippen LogP contribution in [0.5, 0.6) is 0 Å². The van der Waals surface area contributed by atoms with Gasteiger partial charge in [-0.15, -0.1) is 0 Å². The molecule has 0 heterocycles. The number of hydrogen-bond acceptors (Lipinski definition) is 2. The van der Waals surface area contributed by atoms with Crippen molar-refractivity contribution in [2.75, 3.05) is 13.7 Å². The summed E-state index contributed by atoms with van der Waals surface area (Å²) in [6.07, 6.45) is -3.86. The lowest BCUT2D eigenvalue weighted by molar-refractivity contribution is -0.137. The summed E-state index contributed by atoms with van der Waals surface area (Å²) in [5.41, 5.74) is -0.903. The molecule has 20 heavy (non-hydrogen) atoms. The van der Waals surface area contributed by atoms with E-state index in [1.807, 2.05) is 6.92 Å². The van der Waals surface area contributed by atoms with E-state index >= 15 is 0 Å². The van der Waals surface area contributed by atoms with E-state index < -0.39 is 17.6 Å². The third-order valence-corrected chi connectivity index (χ3v) is 3.43. The molecule has 1 rings (SSSR count). The predicted octanol–water partition coefficient (Wildman–Crippen LogP) is 3.62. The van der Waals surface area contributed by atoms with Crippen LogP contribution in [0, 0.1) is 0 Å². The molecule has 1 aromatic rings. The van der Waals surface area contributed by atoms with Gasteiger partial charge in [0.2, 0.25) is 0 Å². The first-order valence-electron chi connectivity index (χ1n) is 5.96. The molecular weight excluding hydrogens is 339 g/mol. The van der Waals surface area contributed by atoms with Gasteiger partial charge >= 0.3 is 6.18 Å². The maximum Gasteiger partial charge on any atom is 0.416 e. The number of methoxy groups -OCH3 is 1. The summed E-state index contributed by atoms with van der Waals surface area (Å²) in [7, 11) is 1.50. The molecule has 0 saturated carbocycles. The Morgan fingerprint density at radius 3 is 2.60 bits per heavy atom. The summed E-state index contributed by atoms with van der Waals surface area (Å²) in [6.45, 7) is 2.16. The third kappa shape index (κ3) is 4.49. The quantitative estimate of drug-likeness (QED) is 0.877. The first-order chi connectivity index (χ1) is 9.29. The summed E-state index contributed by atoms with van der Waals surface area (Å²) in [5.74, 6) is -0.563. The van der Waals surface area contributed by atoms with E-state index in [-0.39, 0.29) is 11.6 Å². The second-order valence-electron chi connectivity index (χ2n) is 4.23. The standard InChI is InChI=1S/C13H15BrF3NO2/c1-3-9(7-20-2)18-12(19)10-6-8(13(15,16)17)4-5-11(10)14/h4-6,9H,3,7H2,1-2H3,(H,18,19). The van der Waals surface area contributed by atoms with Gasteiger partial charge in [0.05, 0.1) is 23.8 Å². The van der Waals surface area contributed by atoms with Crippen molar-refractivity contribution in [1.82, 2.24) is 5.32 Å². The first-order valence-corrected chi connectivity index (χ1v) is 6.75. The third-order valence-electron chi connectivity index (χ3n) is 2.73. The van der Waals surface area contributed by atoms with Gasteiger partial charge in [0.25, 0.3) is 5.91 Å². The predicted molar refractivity (Wildman–Crippen MR) is 72.6 cm³/mol. The number of nitrogens with one attached hydrogen (secondary N) is 1. The zero-order valence-corrected chi connectivity index (χ0v) is 12.6. The van der Waals surface area contributed by atoms with Crippen molar-refractivity contribution >= 4 is 21.8 Å². The normalized spacial score (nSPS) is 13.1. The van der Waals surface area contributed by atoms with Crippen molar-refractivity contribution in [2.24, 2.45) is 0 Å². The van der Waals surface area contributed by atoms with Crippen LogP contribution in [0.15, 0.2) is 22.7 Å². The van der Waals surface area contributed by atoms with Gasteiger partial charge in [-0.25, -0.2) is 0 Å². The number of benzene rings is 1. The molecule has 0 aromatic heterocycles. The summed E-state index contributed by atoms with van der Waals surface area (Å²) >= 11 is 3.09. The molecule has 1 amide bonds. The highest BCUT2D eigenvalue weighted by molar-refractivity contribution is 9.10. The van der Waals surface area contributed by atoms with E-state index in [0.29, 0.717) is 17.5 Å². The van der Waals surface area contributed by atoms with Gasteiger partial charge in [-0.05, 0) is 40.5 Å². The van der Waals surface area contributed by atoms with Gasteiger partial charge in [-0.2, -0.15) is 13.2 Å². The van der Waals surface area contributed by atoms with E-state index in [0.717, 1.165) is 12.1 Å². The number of alkyl halides is 3. The first kappa shape index (κ1) is 17.0. The minimum absolute atomic E-state index is 0.0469. The Morgan fingerprint density at radius 2 is 2.10 bits per heavy atom. The van der Waals surface area contributed by atoms with Gasteiger partial charge in [-0.3, -0.25) is 4.79 Å². The lowest BCUT2D eigenvalue weighted by Crippen LogP contribution is -2.37. The summed E-state index contributed by atoms with van der Waals surface area (Å²) in [5, 5.41) is 2.64. The Hall–Kier alpha value is -1.08. The second kappa shape index (κ2) is 7.08. The Morgan fingerprint density at radius 1 is 1.45 bits per heavy atom. The highest BCUT2D eigenvalue weighted by Crippen LogP contribution is 2.31. The molecule has 0 aliphatic carbocycles. The van der Waals surface area contributed by atoms with E-state index in [1.165, 1.54) is 13.2 Å². The minimum atomic E-state index is -4.48. The van der Waals surface area contributed by atoms with Crippen LogP contribution in [-0.4, -0.2) is 25.7 Å². The van der Waals surface area contributed by atoms with Gasteiger partial charge in [0, 0.05) is 11.6 Å². The number of carbonyl (C=O) groups is 1. The molecular formula is C13H15BrF3NO2. The summed E-state index contributed by atoms with van der Waals surface area (Å²) in [6, 6.07) is 2.73. The molecule has 0 bridgehead atoms. The van der Waals surface area contributed by atoms with Gasteiger partial charge in [0.1, 0.15) is 0 Å². The molecule has 3 nitrogen and oxygen atoms in total. The van der Waals surface area contributed by atoms with Crippen LogP contribution in [0.2, 0.25) is 0 Å². The molecule has 1 atom stereocenters. The van der Waals surface area contributed by atoms with Crippen LogP contribution in [0.3, 0.4) is 0 Å². The largest absolute Gasteiger partial charge is 0.416 e. The molecule has 0 fully saturated rings. The van der Waals surface area contributed by atoms with Crippen molar-refractivity contribution in [2.45, 2.75) is 25.6 Å². The zero-order valence-electron chi connectivity index (χ0n) is 11.1. The maximum atomic E-state index is 12.6. The monoisotopic (exact) mass is 353 g/mol. The average Bonchev–Trinajstić information content (AvgIpc) is 2.37. The number of amides is 1. The Balaban J connectivity index is 2.97. The smallest absolute Gasteiger partial charge is 0.383 e. The molecule has 0 aliphatic rings. The zero-order chi connectivity index (χ0) is 15.3. The Kier molecular flexibility index (Phi) is 6.01. The number of carbonyl (C=O) groups excluding carboxylic acids is 1. The second-order valence-corrected chi connectivity index (χ2v) is 5.08. The van der Waals surface area contributed by atoms with Crippen LogP contribution in [-0.2, 0) is 10.9 Å². The van der Waals surface area contributed by atoms with Crippen molar-refractivity contribution < 1.29 is 22.7 Å². The SMILES string of the molecule is CCC(COC)NC(=O)c1cc(C(F)(F)F)ccc1Br. The molecule has 1 N–H and O–H groups in total. The van der Waals surface area contributed by atoms with Crippen molar-refractivity contribution in [3.05, 3.63) is 33.8 Å². The van der Waals surface area contributed by atoms with Crippen LogP contribution in [0.1, 0.15) is 29.3 Å². The number of hydrogen-bond donors (Lipinski definition) is 1. The van der Waals surface area contributed by atoms with Gasteiger partial charge < -0.3 is 10.1 Å². The molecule has 7 heteroatoms. The lowest BCUT2D eigenvalue weighted by Gasteiger charge is -2.17. The van der Waals surface area contributed by atoms with Gasteiger partial charge in [-0.1, -0.05) is 6.92 Å². The van der Waals surface area contributed by atoms with E-state index in [9.17, 15) is 18.0 Å². The van der Waals surface area contributed by atoms with Crippen LogP contribution in [0.4, 0.5) is 13.2 Å². The highest BCUT2D eigenvalue weighted by Gasteiger charge is 2.31. The van der Waals surface area contributed by atoms with Crippen molar-refractivity contribution in [3.8, 4) is 0 Å². The number of rotatable bonds is 5. The summed E-state index contributed by atoms with van der Waals surface area (Å²) < 4.78 is 43.2. The molecule has 0 radical (unpaired) electrons. The fourth-order valence-electron chi connectivity index (χ4n) is 1.60.